The van der Waals surface area contributed by atoms with Crippen LogP contribution in [0.4, 0.5) is 0 Å². The minimum absolute atomic E-state index is 0. The number of rotatable bonds is 0. The van der Waals surface area contributed by atoms with Gasteiger partial charge in [0.15, 0.2) is 0 Å². The molecule has 0 saturated carbocycles. The monoisotopic (exact) mass is 196 g/mol. The molecular weight excluding hydrogens is 187 g/mol. The van der Waals surface area contributed by atoms with Gasteiger partial charge in [-0.2, -0.15) is 9.90 Å². The summed E-state index contributed by atoms with van der Waals surface area (Å²) < 4.78 is 0. The van der Waals surface area contributed by atoms with Gasteiger partial charge in [-0.25, -0.2) is 4.98 Å². The summed E-state index contributed by atoms with van der Waals surface area (Å²) in [5.41, 5.74) is 0. The van der Waals surface area contributed by atoms with Gasteiger partial charge < -0.3 is 4.98 Å². The van der Waals surface area contributed by atoms with Crippen molar-refractivity contribution in [1.29, 1.82) is 0 Å². The number of aromatic amines is 1. The molecule has 1 aromatic heterocycles. The zero-order valence-electron chi connectivity index (χ0n) is 4.72. The second-order valence-electron chi connectivity index (χ2n) is 1.17. The first-order chi connectivity index (χ1) is 2.89. The molecule has 0 fully saturated rings. The van der Waals surface area contributed by atoms with E-state index in [1.54, 1.807) is 12.4 Å². The van der Waals surface area contributed by atoms with E-state index < -0.39 is 0 Å². The van der Waals surface area contributed by atoms with E-state index in [1.807, 2.05) is 6.92 Å². The summed E-state index contributed by atoms with van der Waals surface area (Å²) in [6.07, 6.45) is 3.53. The molecule has 1 atom stereocenters. The maximum absolute atomic E-state index is 3.86. The lowest BCUT2D eigenvalue weighted by molar-refractivity contribution is 1.15. The third-order valence-corrected chi connectivity index (χ3v) is 0.635. The lowest BCUT2D eigenvalue weighted by atomic mass is 10.8. The lowest BCUT2D eigenvalue weighted by Crippen LogP contribution is -1.66. The van der Waals surface area contributed by atoms with Crippen molar-refractivity contribution in [2.75, 3.05) is 0 Å². The highest BCUT2D eigenvalue weighted by molar-refractivity contribution is 8.93. The Labute approximate surface area is 62.5 Å². The zero-order valence-corrected chi connectivity index (χ0v) is 7.84. The summed E-state index contributed by atoms with van der Waals surface area (Å²) >= 11 is 0. The Kier molecular flexibility index (Phi) is 7.23. The average molecular weight is 197 g/mol. The van der Waals surface area contributed by atoms with Crippen LogP contribution in [-0.2, 0) is 0 Å². The van der Waals surface area contributed by atoms with Gasteiger partial charge in [0.25, 0.3) is 0 Å². The molecule has 48 valence electrons. The molecule has 1 unspecified atom stereocenters. The Balaban J connectivity index is 0. The summed E-state index contributed by atoms with van der Waals surface area (Å²) in [5, 5.41) is 0. The van der Waals surface area contributed by atoms with Crippen molar-refractivity contribution in [2.24, 2.45) is 0 Å². The van der Waals surface area contributed by atoms with Crippen LogP contribution < -0.4 is 0 Å². The highest BCUT2D eigenvalue weighted by atomic mass is 79.9. The second kappa shape index (κ2) is 5.26. The Morgan fingerprint density at radius 3 is 2.38 bits per heavy atom. The smallest absolute Gasteiger partial charge is 0.102 e. The van der Waals surface area contributed by atoms with Crippen LogP contribution in [0.25, 0.3) is 0 Å². The maximum atomic E-state index is 3.86. The number of aromatic nitrogens is 2. The van der Waals surface area contributed by atoms with E-state index in [9.17, 15) is 0 Å². The molecule has 1 N–H and O–H groups in total. The first-order valence-corrected chi connectivity index (χ1v) is 1.85. The molecule has 0 amide bonds. The number of H-pyrrole nitrogens is 1. The van der Waals surface area contributed by atoms with Gasteiger partial charge in [-0.3, -0.25) is 0 Å². The number of nitrogens with one attached hydrogen (secondary N) is 1. The minimum atomic E-state index is 0. The van der Waals surface area contributed by atoms with Crippen LogP contribution >= 0.6 is 26.9 Å². The lowest BCUT2D eigenvalue weighted by Gasteiger charge is -1.68. The molecule has 0 aromatic carbocycles. The Hall–Kier alpha value is 0.120. The van der Waals surface area contributed by atoms with E-state index >= 15 is 0 Å². The third-order valence-electron chi connectivity index (χ3n) is 0.635. The Bertz CT molecular complexity index is 118. The van der Waals surface area contributed by atoms with Gasteiger partial charge >= 0.3 is 0 Å². The molecule has 1 aromatic rings. The molecule has 0 bridgehead atoms. The fourth-order valence-corrected chi connectivity index (χ4v) is 0.344. The molecular formula is C4H10BrN2P. The number of aryl methyl sites for hydroxylation is 1. The van der Waals surface area contributed by atoms with Crippen molar-refractivity contribution in [3.63, 3.8) is 0 Å². The highest BCUT2D eigenvalue weighted by Crippen LogP contribution is 1.78. The Morgan fingerprint density at radius 1 is 1.62 bits per heavy atom. The summed E-state index contributed by atoms with van der Waals surface area (Å²) in [7, 11) is 0. The first kappa shape index (κ1) is 11.0. The second-order valence-corrected chi connectivity index (χ2v) is 1.17. The van der Waals surface area contributed by atoms with Gasteiger partial charge in [-0.1, -0.05) is 0 Å². The topological polar surface area (TPSA) is 28.7 Å². The van der Waals surface area contributed by atoms with E-state index in [1.165, 1.54) is 0 Å². The van der Waals surface area contributed by atoms with E-state index in [0.29, 0.717) is 0 Å². The fraction of sp³-hybridized carbons (Fsp3) is 0.250. The van der Waals surface area contributed by atoms with E-state index in [-0.39, 0.29) is 26.9 Å². The van der Waals surface area contributed by atoms with Gasteiger partial charge in [0, 0.05) is 12.4 Å². The van der Waals surface area contributed by atoms with E-state index in [4.69, 9.17) is 0 Å². The summed E-state index contributed by atoms with van der Waals surface area (Å²) in [6.45, 7) is 1.92. The third kappa shape index (κ3) is 3.16. The molecule has 8 heavy (non-hydrogen) atoms. The SMILES string of the molecule is Br.Cc1ncc[nH]1.P. The standard InChI is InChI=1S/C4H6N2.BrH.H3P/c1-4-5-2-3-6-4;;/h2-3H,1H3,(H,5,6);1H;1H3. The molecule has 0 aliphatic carbocycles. The molecule has 4 heteroatoms. The molecule has 0 radical (unpaired) electrons. The Morgan fingerprint density at radius 2 is 2.25 bits per heavy atom. The van der Waals surface area contributed by atoms with Crippen LogP contribution in [0.1, 0.15) is 5.82 Å². The van der Waals surface area contributed by atoms with Crippen molar-refractivity contribution < 1.29 is 0 Å². The molecule has 0 aliphatic heterocycles. The number of nitrogens with zero attached hydrogens (tertiary/aromatic N) is 1. The normalized spacial score (nSPS) is 6.62. The van der Waals surface area contributed by atoms with Crippen LogP contribution in [-0.4, -0.2) is 9.97 Å². The average Bonchev–Trinajstić information content (AvgIpc) is 1.86. The van der Waals surface area contributed by atoms with Gasteiger partial charge in [0.1, 0.15) is 5.82 Å². The summed E-state index contributed by atoms with van der Waals surface area (Å²) in [6, 6.07) is 0. The number of imidazole rings is 1. The summed E-state index contributed by atoms with van der Waals surface area (Å²) in [4.78, 5) is 6.75. The molecule has 1 rings (SSSR count). The number of hydrogen-bond acceptors (Lipinski definition) is 1. The van der Waals surface area contributed by atoms with Crippen molar-refractivity contribution in [1.82, 2.24) is 9.97 Å². The fourth-order valence-electron chi connectivity index (χ4n) is 0.344. The number of hydrogen-bond donors (Lipinski definition) is 1. The zero-order chi connectivity index (χ0) is 4.41. The van der Waals surface area contributed by atoms with E-state index in [2.05, 4.69) is 9.97 Å². The molecule has 0 saturated heterocycles. The molecule has 1 heterocycles. The largest absolute Gasteiger partial charge is 0.349 e. The predicted octanol–water partition coefficient (Wildman–Crippen LogP) is 1.35. The predicted molar refractivity (Wildman–Crippen MR) is 44.8 cm³/mol. The van der Waals surface area contributed by atoms with Crippen LogP contribution in [0.2, 0.25) is 0 Å². The first-order valence-electron chi connectivity index (χ1n) is 1.85. The van der Waals surface area contributed by atoms with Crippen molar-refractivity contribution in [3.8, 4) is 0 Å². The van der Waals surface area contributed by atoms with Crippen molar-refractivity contribution >= 4 is 26.9 Å². The highest BCUT2D eigenvalue weighted by Gasteiger charge is 1.73. The minimum Gasteiger partial charge on any atom is -0.349 e. The summed E-state index contributed by atoms with van der Waals surface area (Å²) in [5.74, 6) is 0.968. The van der Waals surface area contributed by atoms with Gasteiger partial charge in [0.05, 0.1) is 0 Å². The van der Waals surface area contributed by atoms with Crippen LogP contribution in [0.15, 0.2) is 12.4 Å². The van der Waals surface area contributed by atoms with Crippen molar-refractivity contribution in [3.05, 3.63) is 18.2 Å². The van der Waals surface area contributed by atoms with E-state index in [0.717, 1.165) is 5.82 Å². The molecule has 0 aliphatic rings. The molecule has 0 spiro atoms. The maximum Gasteiger partial charge on any atom is 0.102 e. The van der Waals surface area contributed by atoms with Crippen LogP contribution in [0.3, 0.4) is 0 Å². The van der Waals surface area contributed by atoms with Crippen molar-refractivity contribution in [2.45, 2.75) is 6.92 Å². The van der Waals surface area contributed by atoms with Crippen LogP contribution in [0, 0.1) is 6.92 Å². The quantitative estimate of drug-likeness (QED) is 0.625. The number of halogens is 1. The van der Waals surface area contributed by atoms with Gasteiger partial charge in [-0.15, -0.1) is 17.0 Å². The van der Waals surface area contributed by atoms with Gasteiger partial charge in [-0.05, 0) is 6.92 Å². The van der Waals surface area contributed by atoms with Crippen LogP contribution in [0.5, 0.6) is 0 Å². The molecule has 2 nitrogen and oxygen atoms in total. The van der Waals surface area contributed by atoms with Gasteiger partial charge in [0.2, 0.25) is 0 Å².